The van der Waals surface area contributed by atoms with E-state index in [-0.39, 0.29) is 11.9 Å². The van der Waals surface area contributed by atoms with Gasteiger partial charge >= 0.3 is 0 Å². The van der Waals surface area contributed by atoms with Crippen molar-refractivity contribution in [1.29, 1.82) is 0 Å². The van der Waals surface area contributed by atoms with Gasteiger partial charge in [0.25, 0.3) is 5.91 Å². The van der Waals surface area contributed by atoms with Gasteiger partial charge in [0, 0.05) is 16.6 Å². The van der Waals surface area contributed by atoms with Gasteiger partial charge in [0.1, 0.15) is 0 Å². The molecule has 25 heavy (non-hydrogen) atoms. The molecule has 1 unspecified atom stereocenters. The molecular weight excluding hydrogens is 379 g/mol. The molecule has 0 bridgehead atoms. The van der Waals surface area contributed by atoms with Gasteiger partial charge in [-0.3, -0.25) is 9.69 Å². The Morgan fingerprint density at radius 3 is 2.44 bits per heavy atom. The number of carbonyl (C=O) groups excluding carboxylic acids is 1. The van der Waals surface area contributed by atoms with Crippen LogP contribution in [0.5, 0.6) is 0 Å². The molecule has 0 saturated carbocycles. The molecule has 1 aliphatic heterocycles. The molecule has 2 aromatic rings. The summed E-state index contributed by atoms with van der Waals surface area (Å²) in [6, 6.07) is 12.8. The third kappa shape index (κ3) is 4.68. The zero-order valence-electron chi connectivity index (χ0n) is 13.6. The van der Waals surface area contributed by atoms with E-state index in [0.717, 1.165) is 18.7 Å². The largest absolute Gasteiger partial charge is 0.350 e. The number of halogens is 3. The first-order valence-corrected chi connectivity index (χ1v) is 9.41. The molecule has 132 valence electrons. The molecule has 3 rings (SSSR count). The average molecular weight is 398 g/mol. The van der Waals surface area contributed by atoms with Crippen molar-refractivity contribution >= 4 is 40.7 Å². The molecule has 1 atom stereocenters. The van der Waals surface area contributed by atoms with Crippen molar-refractivity contribution in [3.05, 3.63) is 68.7 Å². The first-order valence-electron chi connectivity index (χ1n) is 8.27. The van der Waals surface area contributed by atoms with Crippen LogP contribution >= 0.6 is 34.8 Å². The van der Waals surface area contributed by atoms with Crippen LogP contribution in [0.4, 0.5) is 0 Å². The van der Waals surface area contributed by atoms with Gasteiger partial charge in [-0.15, -0.1) is 0 Å². The van der Waals surface area contributed by atoms with Crippen LogP contribution in [-0.2, 0) is 0 Å². The van der Waals surface area contributed by atoms with Crippen LogP contribution in [-0.4, -0.2) is 30.4 Å². The van der Waals surface area contributed by atoms with Crippen molar-refractivity contribution in [2.24, 2.45) is 0 Å². The first-order chi connectivity index (χ1) is 12.0. The molecule has 6 heteroatoms. The number of nitrogens with one attached hydrogen (secondary N) is 1. The maximum atomic E-state index is 12.5. The molecular formula is C19H19Cl3N2O. The Morgan fingerprint density at radius 2 is 1.76 bits per heavy atom. The highest BCUT2D eigenvalue weighted by Gasteiger charge is 2.24. The lowest BCUT2D eigenvalue weighted by atomic mass is 10.1. The van der Waals surface area contributed by atoms with E-state index >= 15 is 0 Å². The monoisotopic (exact) mass is 396 g/mol. The number of hydrogen-bond donors (Lipinski definition) is 1. The van der Waals surface area contributed by atoms with Crippen LogP contribution in [0.1, 0.15) is 34.8 Å². The number of amides is 1. The Hall–Kier alpha value is -1.26. The Kier molecular flexibility index (Phi) is 6.24. The van der Waals surface area contributed by atoms with Gasteiger partial charge in [-0.05, 0) is 61.8 Å². The summed E-state index contributed by atoms with van der Waals surface area (Å²) < 4.78 is 0. The van der Waals surface area contributed by atoms with Gasteiger partial charge in [-0.2, -0.15) is 0 Å². The van der Waals surface area contributed by atoms with E-state index in [2.05, 4.69) is 16.3 Å². The topological polar surface area (TPSA) is 32.3 Å². The summed E-state index contributed by atoms with van der Waals surface area (Å²) in [4.78, 5) is 14.9. The predicted molar refractivity (Wildman–Crippen MR) is 104 cm³/mol. The fraction of sp³-hybridized carbons (Fsp3) is 0.316. The molecule has 0 radical (unpaired) electrons. The van der Waals surface area contributed by atoms with E-state index in [1.54, 1.807) is 18.2 Å². The minimum atomic E-state index is -0.201. The molecule has 2 aromatic carbocycles. The summed E-state index contributed by atoms with van der Waals surface area (Å²) in [7, 11) is 0. The molecule has 0 spiro atoms. The molecule has 1 saturated heterocycles. The van der Waals surface area contributed by atoms with Crippen molar-refractivity contribution in [2.45, 2.75) is 18.9 Å². The van der Waals surface area contributed by atoms with Crippen molar-refractivity contribution in [3.8, 4) is 0 Å². The highest BCUT2D eigenvalue weighted by atomic mass is 35.5. The quantitative estimate of drug-likeness (QED) is 0.750. The van der Waals surface area contributed by atoms with E-state index in [0.29, 0.717) is 27.2 Å². The Balaban J connectivity index is 1.75. The van der Waals surface area contributed by atoms with Crippen LogP contribution in [0.2, 0.25) is 15.1 Å². The lowest BCUT2D eigenvalue weighted by molar-refractivity contribution is 0.0938. The predicted octanol–water partition coefficient (Wildman–Crippen LogP) is 5.21. The maximum Gasteiger partial charge on any atom is 0.252 e. The Bertz CT molecular complexity index is 760. The van der Waals surface area contributed by atoms with Crippen molar-refractivity contribution < 1.29 is 4.79 Å². The zero-order chi connectivity index (χ0) is 17.8. The third-order valence-electron chi connectivity index (χ3n) is 4.45. The number of benzene rings is 2. The summed E-state index contributed by atoms with van der Waals surface area (Å²) in [5, 5.41) is 4.57. The van der Waals surface area contributed by atoms with Gasteiger partial charge < -0.3 is 5.32 Å². The van der Waals surface area contributed by atoms with Crippen LogP contribution in [0.25, 0.3) is 0 Å². The van der Waals surface area contributed by atoms with E-state index in [1.807, 2.05) is 18.2 Å². The number of likely N-dealkylation sites (tertiary alicyclic amines) is 1. The van der Waals surface area contributed by atoms with Crippen molar-refractivity contribution in [3.63, 3.8) is 0 Å². The number of rotatable bonds is 5. The Labute approximate surface area is 162 Å². The van der Waals surface area contributed by atoms with Crippen LogP contribution < -0.4 is 5.32 Å². The highest BCUT2D eigenvalue weighted by Crippen LogP contribution is 2.27. The second-order valence-electron chi connectivity index (χ2n) is 6.15. The van der Waals surface area contributed by atoms with E-state index in [1.165, 1.54) is 12.8 Å². The summed E-state index contributed by atoms with van der Waals surface area (Å²) in [6.07, 6.45) is 2.35. The molecule has 1 fully saturated rings. The van der Waals surface area contributed by atoms with E-state index < -0.39 is 0 Å². The van der Waals surface area contributed by atoms with Crippen LogP contribution in [0.3, 0.4) is 0 Å². The number of carbonyl (C=O) groups is 1. The smallest absolute Gasteiger partial charge is 0.252 e. The molecule has 0 aliphatic carbocycles. The first kappa shape index (κ1) is 18.5. The molecule has 3 nitrogen and oxygen atoms in total. The molecule has 1 aliphatic rings. The standard InChI is InChI=1S/C19H19Cl3N2O/c20-14-5-3-4-13(10-14)18(24-8-1-2-9-24)12-23-19(25)16-7-6-15(21)11-17(16)22/h3-7,10-11,18H,1-2,8-9,12H2,(H,23,25). The molecule has 1 heterocycles. The second-order valence-corrected chi connectivity index (χ2v) is 7.43. The summed E-state index contributed by atoms with van der Waals surface area (Å²) in [5.74, 6) is -0.201. The lowest BCUT2D eigenvalue weighted by Gasteiger charge is -2.28. The average Bonchev–Trinajstić information content (AvgIpc) is 3.09. The van der Waals surface area contributed by atoms with Gasteiger partial charge in [-0.25, -0.2) is 0 Å². The van der Waals surface area contributed by atoms with Gasteiger partial charge in [0.2, 0.25) is 0 Å². The minimum Gasteiger partial charge on any atom is -0.350 e. The minimum absolute atomic E-state index is 0.0937. The molecule has 1 amide bonds. The second kappa shape index (κ2) is 8.41. The maximum absolute atomic E-state index is 12.5. The zero-order valence-corrected chi connectivity index (χ0v) is 15.9. The van der Waals surface area contributed by atoms with Gasteiger partial charge in [0.15, 0.2) is 0 Å². The Morgan fingerprint density at radius 1 is 1.04 bits per heavy atom. The van der Waals surface area contributed by atoms with Gasteiger partial charge in [-0.1, -0.05) is 46.9 Å². The summed E-state index contributed by atoms with van der Waals surface area (Å²) in [5.41, 5.74) is 1.54. The van der Waals surface area contributed by atoms with Crippen LogP contribution in [0.15, 0.2) is 42.5 Å². The van der Waals surface area contributed by atoms with Crippen LogP contribution in [0, 0.1) is 0 Å². The fourth-order valence-corrected chi connectivity index (χ4v) is 3.88. The highest BCUT2D eigenvalue weighted by molar-refractivity contribution is 6.36. The molecule has 0 aromatic heterocycles. The fourth-order valence-electron chi connectivity index (χ4n) is 3.18. The molecule has 1 N–H and O–H groups in total. The third-order valence-corrected chi connectivity index (χ3v) is 5.23. The van der Waals surface area contributed by atoms with Gasteiger partial charge in [0.05, 0.1) is 16.6 Å². The normalized spacial score (nSPS) is 16.0. The number of hydrogen-bond acceptors (Lipinski definition) is 2. The van der Waals surface area contributed by atoms with Crippen molar-refractivity contribution in [2.75, 3.05) is 19.6 Å². The SMILES string of the molecule is O=C(NCC(c1cccc(Cl)c1)N1CCCC1)c1ccc(Cl)cc1Cl. The van der Waals surface area contributed by atoms with E-state index in [4.69, 9.17) is 34.8 Å². The summed E-state index contributed by atoms with van der Waals surface area (Å²) in [6.45, 7) is 2.54. The van der Waals surface area contributed by atoms with Crippen molar-refractivity contribution in [1.82, 2.24) is 10.2 Å². The summed E-state index contributed by atoms with van der Waals surface area (Å²) >= 11 is 18.2. The van der Waals surface area contributed by atoms with E-state index in [9.17, 15) is 4.79 Å². The lowest BCUT2D eigenvalue weighted by Crippen LogP contribution is -2.36. The number of nitrogens with zero attached hydrogens (tertiary/aromatic N) is 1.